The van der Waals surface area contributed by atoms with Crippen molar-refractivity contribution in [3.05, 3.63) is 0 Å². The van der Waals surface area contributed by atoms with Crippen molar-refractivity contribution in [3.63, 3.8) is 0 Å². The molecular weight excluding hydrogens is 260 g/mol. The van der Waals surface area contributed by atoms with E-state index in [9.17, 15) is 0 Å². The van der Waals surface area contributed by atoms with Crippen LogP contribution in [0.3, 0.4) is 0 Å². The summed E-state index contributed by atoms with van der Waals surface area (Å²) in [5.74, 6) is 7.27. The largest absolute Gasteiger partial charge is 0.380 e. The summed E-state index contributed by atoms with van der Waals surface area (Å²) in [4.78, 5) is 4.96. The summed E-state index contributed by atoms with van der Waals surface area (Å²) >= 11 is 0. The summed E-state index contributed by atoms with van der Waals surface area (Å²) in [6.07, 6.45) is 0.986. The van der Waals surface area contributed by atoms with Crippen LogP contribution in [0.5, 0.6) is 0 Å². The SMILES string of the molecule is CC(C)COCCN1CCN(CC#CCC(C)(C)C)CC1. The van der Waals surface area contributed by atoms with E-state index in [0.717, 1.165) is 58.9 Å². The highest BCUT2D eigenvalue weighted by atomic mass is 16.5. The minimum absolute atomic E-state index is 0.321. The van der Waals surface area contributed by atoms with Gasteiger partial charge >= 0.3 is 0 Å². The van der Waals surface area contributed by atoms with Crippen molar-refractivity contribution in [2.75, 3.05) is 52.5 Å². The second-order valence-electron chi connectivity index (χ2n) is 7.68. The Balaban J connectivity index is 2.09. The fraction of sp³-hybridized carbons (Fsp3) is 0.889. The molecule has 0 saturated carbocycles. The highest BCUT2D eigenvalue weighted by Crippen LogP contribution is 2.16. The van der Waals surface area contributed by atoms with E-state index >= 15 is 0 Å². The van der Waals surface area contributed by atoms with Gasteiger partial charge in [-0.05, 0) is 11.3 Å². The summed E-state index contributed by atoms with van der Waals surface area (Å²) in [6.45, 7) is 19.4. The monoisotopic (exact) mass is 294 g/mol. The van der Waals surface area contributed by atoms with Crippen molar-refractivity contribution in [3.8, 4) is 11.8 Å². The molecule has 0 bridgehead atoms. The van der Waals surface area contributed by atoms with E-state index < -0.39 is 0 Å². The molecule has 0 amide bonds. The molecule has 1 heterocycles. The zero-order valence-corrected chi connectivity index (χ0v) is 14.7. The highest BCUT2D eigenvalue weighted by molar-refractivity contribution is 5.03. The van der Waals surface area contributed by atoms with Crippen molar-refractivity contribution >= 4 is 0 Å². The molecule has 0 aromatic heterocycles. The molecule has 1 saturated heterocycles. The van der Waals surface area contributed by atoms with Gasteiger partial charge < -0.3 is 4.74 Å². The molecule has 0 spiro atoms. The smallest absolute Gasteiger partial charge is 0.0602 e. The molecule has 1 aliphatic heterocycles. The fourth-order valence-corrected chi connectivity index (χ4v) is 2.18. The molecule has 0 N–H and O–H groups in total. The van der Waals surface area contributed by atoms with Crippen molar-refractivity contribution in [1.82, 2.24) is 9.80 Å². The summed E-state index contributed by atoms with van der Waals surface area (Å²) in [5.41, 5.74) is 0.321. The third-order valence-electron chi connectivity index (χ3n) is 3.51. The molecule has 0 radical (unpaired) electrons. The number of hydrogen-bond acceptors (Lipinski definition) is 3. The van der Waals surface area contributed by atoms with Crippen LogP contribution in [0.2, 0.25) is 0 Å². The lowest BCUT2D eigenvalue weighted by Crippen LogP contribution is -2.47. The van der Waals surface area contributed by atoms with Gasteiger partial charge in [0.2, 0.25) is 0 Å². The van der Waals surface area contributed by atoms with Crippen LogP contribution in [0.25, 0.3) is 0 Å². The first kappa shape index (κ1) is 18.5. The Labute approximate surface area is 132 Å². The van der Waals surface area contributed by atoms with Crippen molar-refractivity contribution < 1.29 is 4.74 Å². The Kier molecular flexibility index (Phi) is 8.33. The van der Waals surface area contributed by atoms with Crippen LogP contribution >= 0.6 is 0 Å². The van der Waals surface area contributed by atoms with Crippen LogP contribution in [0.1, 0.15) is 41.0 Å². The van der Waals surface area contributed by atoms with Crippen LogP contribution in [-0.4, -0.2) is 62.3 Å². The van der Waals surface area contributed by atoms with Gasteiger partial charge in [0, 0.05) is 45.8 Å². The highest BCUT2D eigenvalue weighted by Gasteiger charge is 2.15. The molecule has 1 fully saturated rings. The number of piperazine rings is 1. The predicted molar refractivity (Wildman–Crippen MR) is 90.4 cm³/mol. The molecule has 0 aromatic rings. The molecule has 0 aromatic carbocycles. The molecular formula is C18H34N2O. The maximum absolute atomic E-state index is 5.66. The van der Waals surface area contributed by atoms with Gasteiger partial charge in [-0.25, -0.2) is 0 Å². The number of rotatable bonds is 6. The Hall–Kier alpha value is -0.560. The van der Waals surface area contributed by atoms with Crippen LogP contribution in [0, 0.1) is 23.2 Å². The standard InChI is InChI=1S/C18H34N2O/c1-17(2)16-21-15-14-20-12-10-19(11-13-20)9-7-6-8-18(3,4)5/h17H,8-16H2,1-5H3. The molecule has 0 unspecified atom stereocenters. The van der Waals surface area contributed by atoms with Crippen molar-refractivity contribution in [1.29, 1.82) is 0 Å². The van der Waals surface area contributed by atoms with Gasteiger partial charge in [0.15, 0.2) is 0 Å². The molecule has 1 aliphatic rings. The first-order chi connectivity index (χ1) is 9.87. The van der Waals surface area contributed by atoms with E-state index in [1.165, 1.54) is 0 Å². The molecule has 0 aliphatic carbocycles. The summed E-state index contributed by atoms with van der Waals surface area (Å²) in [5, 5.41) is 0. The Morgan fingerprint density at radius 3 is 2.19 bits per heavy atom. The zero-order chi connectivity index (χ0) is 15.7. The minimum Gasteiger partial charge on any atom is -0.380 e. The first-order valence-corrected chi connectivity index (χ1v) is 8.35. The normalized spacial score (nSPS) is 17.8. The van der Waals surface area contributed by atoms with E-state index in [4.69, 9.17) is 4.74 Å². The quantitative estimate of drug-likeness (QED) is 0.553. The van der Waals surface area contributed by atoms with Crippen molar-refractivity contribution in [2.45, 2.75) is 41.0 Å². The number of nitrogens with zero attached hydrogens (tertiary/aromatic N) is 2. The topological polar surface area (TPSA) is 15.7 Å². The van der Waals surface area contributed by atoms with Crippen LogP contribution in [0.4, 0.5) is 0 Å². The third-order valence-corrected chi connectivity index (χ3v) is 3.51. The maximum atomic E-state index is 5.66. The van der Waals surface area contributed by atoms with E-state index in [1.54, 1.807) is 0 Å². The van der Waals surface area contributed by atoms with E-state index in [1.807, 2.05) is 0 Å². The lowest BCUT2D eigenvalue weighted by Gasteiger charge is -2.33. The first-order valence-electron chi connectivity index (χ1n) is 8.35. The molecule has 122 valence electrons. The lowest BCUT2D eigenvalue weighted by atomic mass is 9.93. The molecule has 3 nitrogen and oxygen atoms in total. The van der Waals surface area contributed by atoms with Gasteiger partial charge in [-0.1, -0.05) is 40.5 Å². The zero-order valence-electron chi connectivity index (χ0n) is 14.7. The number of hydrogen-bond donors (Lipinski definition) is 0. The second-order valence-corrected chi connectivity index (χ2v) is 7.68. The average molecular weight is 294 g/mol. The number of ether oxygens (including phenoxy) is 1. The molecule has 1 rings (SSSR count). The Morgan fingerprint density at radius 1 is 1.00 bits per heavy atom. The minimum atomic E-state index is 0.321. The summed E-state index contributed by atoms with van der Waals surface area (Å²) in [7, 11) is 0. The van der Waals surface area contributed by atoms with E-state index in [0.29, 0.717) is 11.3 Å². The Morgan fingerprint density at radius 2 is 1.62 bits per heavy atom. The molecule has 21 heavy (non-hydrogen) atoms. The molecule has 0 atom stereocenters. The third kappa shape index (κ3) is 9.90. The summed E-state index contributed by atoms with van der Waals surface area (Å²) in [6, 6.07) is 0. The van der Waals surface area contributed by atoms with Gasteiger partial charge in [-0.15, -0.1) is 5.92 Å². The second kappa shape index (κ2) is 9.46. The van der Waals surface area contributed by atoms with Crippen LogP contribution in [0.15, 0.2) is 0 Å². The summed E-state index contributed by atoms with van der Waals surface area (Å²) < 4.78 is 5.66. The fourth-order valence-electron chi connectivity index (χ4n) is 2.18. The molecule has 3 heteroatoms. The maximum Gasteiger partial charge on any atom is 0.0602 e. The van der Waals surface area contributed by atoms with Gasteiger partial charge in [-0.2, -0.15) is 0 Å². The van der Waals surface area contributed by atoms with Gasteiger partial charge in [0.25, 0.3) is 0 Å². The van der Waals surface area contributed by atoms with E-state index in [-0.39, 0.29) is 0 Å². The Bertz CT molecular complexity index is 327. The predicted octanol–water partition coefficient (Wildman–Crippen LogP) is 2.72. The van der Waals surface area contributed by atoms with Crippen molar-refractivity contribution in [2.24, 2.45) is 11.3 Å². The van der Waals surface area contributed by atoms with Crippen LogP contribution in [-0.2, 0) is 4.74 Å². The van der Waals surface area contributed by atoms with Gasteiger partial charge in [0.05, 0.1) is 13.2 Å². The van der Waals surface area contributed by atoms with Crippen LogP contribution < -0.4 is 0 Å². The van der Waals surface area contributed by atoms with Gasteiger partial charge in [0.1, 0.15) is 0 Å². The average Bonchev–Trinajstić information content (AvgIpc) is 2.40. The lowest BCUT2D eigenvalue weighted by molar-refractivity contribution is 0.0671. The van der Waals surface area contributed by atoms with E-state index in [2.05, 4.69) is 56.3 Å². The van der Waals surface area contributed by atoms with Gasteiger partial charge in [-0.3, -0.25) is 9.80 Å².